The maximum absolute atomic E-state index is 13.8. The van der Waals surface area contributed by atoms with Gasteiger partial charge in [0.2, 0.25) is 5.91 Å². The van der Waals surface area contributed by atoms with Crippen LogP contribution in [0.2, 0.25) is 0 Å². The van der Waals surface area contributed by atoms with Gasteiger partial charge in [-0.15, -0.1) is 0 Å². The van der Waals surface area contributed by atoms with Crippen molar-refractivity contribution in [2.24, 2.45) is 5.41 Å². The van der Waals surface area contributed by atoms with E-state index in [-0.39, 0.29) is 17.7 Å². The van der Waals surface area contributed by atoms with Gasteiger partial charge >= 0.3 is 0 Å². The molecule has 1 spiro atoms. The first-order valence-corrected chi connectivity index (χ1v) is 13.8. The molecule has 1 fully saturated rings. The molecule has 0 bridgehead atoms. The highest BCUT2D eigenvalue weighted by Crippen LogP contribution is 2.41. The van der Waals surface area contributed by atoms with Gasteiger partial charge in [-0.2, -0.15) is 0 Å². The standard InChI is InChI=1S/C34H31N3O3/c38-31(29-13-6-5-12-28(29)24-9-2-1-3-10-24)36-27-17-15-25(16-18-27)32(39)37-22-20-34(19-8-21-35-33(34)40)23-26-11-4-7-14-30(26)37/h1-7,9-18H,8,19-23H2,(H,35,40)(H,36,38). The van der Waals surface area contributed by atoms with Gasteiger partial charge in [0.25, 0.3) is 11.8 Å². The summed E-state index contributed by atoms with van der Waals surface area (Å²) in [6.07, 6.45) is 3.03. The van der Waals surface area contributed by atoms with Crippen molar-refractivity contribution in [3.05, 3.63) is 120 Å². The topological polar surface area (TPSA) is 78.5 Å². The lowest BCUT2D eigenvalue weighted by molar-refractivity contribution is -0.133. The normalized spacial score (nSPS) is 18.4. The summed E-state index contributed by atoms with van der Waals surface area (Å²) in [6.45, 7) is 1.18. The van der Waals surface area contributed by atoms with Crippen LogP contribution in [0.3, 0.4) is 0 Å². The van der Waals surface area contributed by atoms with Crippen molar-refractivity contribution >= 4 is 29.1 Å². The van der Waals surface area contributed by atoms with Crippen molar-refractivity contribution < 1.29 is 14.4 Å². The summed E-state index contributed by atoms with van der Waals surface area (Å²) in [4.78, 5) is 41.7. The number of amides is 3. The number of para-hydroxylation sites is 1. The first-order valence-electron chi connectivity index (χ1n) is 13.8. The van der Waals surface area contributed by atoms with E-state index in [2.05, 4.69) is 10.6 Å². The lowest BCUT2D eigenvalue weighted by Crippen LogP contribution is -2.48. The van der Waals surface area contributed by atoms with Gasteiger partial charge in [0.15, 0.2) is 0 Å². The van der Waals surface area contributed by atoms with Crippen LogP contribution in [0.15, 0.2) is 103 Å². The quantitative estimate of drug-likeness (QED) is 0.336. The monoisotopic (exact) mass is 529 g/mol. The molecule has 4 aromatic carbocycles. The second-order valence-electron chi connectivity index (χ2n) is 10.6. The molecule has 0 saturated carbocycles. The average Bonchev–Trinajstić information content (AvgIpc) is 3.16. The van der Waals surface area contributed by atoms with Crippen molar-refractivity contribution in [1.29, 1.82) is 0 Å². The zero-order chi connectivity index (χ0) is 27.5. The van der Waals surface area contributed by atoms with E-state index in [4.69, 9.17) is 0 Å². The second-order valence-corrected chi connectivity index (χ2v) is 10.6. The largest absolute Gasteiger partial charge is 0.356 e. The van der Waals surface area contributed by atoms with Crippen LogP contribution in [0.4, 0.5) is 11.4 Å². The lowest BCUT2D eigenvalue weighted by Gasteiger charge is -2.35. The average molecular weight is 530 g/mol. The maximum Gasteiger partial charge on any atom is 0.258 e. The number of hydrogen-bond acceptors (Lipinski definition) is 3. The number of rotatable bonds is 4. The van der Waals surface area contributed by atoms with Crippen LogP contribution in [0.5, 0.6) is 0 Å². The van der Waals surface area contributed by atoms with E-state index in [1.165, 1.54) is 0 Å². The fourth-order valence-electron chi connectivity index (χ4n) is 5.97. The Morgan fingerprint density at radius 3 is 2.33 bits per heavy atom. The van der Waals surface area contributed by atoms with Gasteiger partial charge in [-0.25, -0.2) is 0 Å². The minimum absolute atomic E-state index is 0.0942. The summed E-state index contributed by atoms with van der Waals surface area (Å²) in [7, 11) is 0. The summed E-state index contributed by atoms with van der Waals surface area (Å²) in [5.74, 6) is -0.235. The van der Waals surface area contributed by atoms with Crippen molar-refractivity contribution in [2.45, 2.75) is 25.7 Å². The number of nitrogens with one attached hydrogen (secondary N) is 2. The number of anilines is 2. The molecule has 6 heteroatoms. The SMILES string of the molecule is O=C(Nc1ccc(C(=O)N2CCC3(CCCNC3=O)Cc3ccccc32)cc1)c1ccccc1-c1ccccc1. The van der Waals surface area contributed by atoms with E-state index in [1.807, 2.05) is 78.9 Å². The highest BCUT2D eigenvalue weighted by atomic mass is 16.2. The second kappa shape index (κ2) is 10.8. The van der Waals surface area contributed by atoms with E-state index in [9.17, 15) is 14.4 Å². The van der Waals surface area contributed by atoms with Gasteiger partial charge in [0.05, 0.1) is 5.41 Å². The summed E-state index contributed by atoms with van der Waals surface area (Å²) < 4.78 is 0. The number of fused-ring (bicyclic) bond motifs is 1. The number of carbonyl (C=O) groups excluding carboxylic acids is 3. The van der Waals surface area contributed by atoms with Crippen LogP contribution in [0.1, 0.15) is 45.5 Å². The summed E-state index contributed by atoms with van der Waals surface area (Å²) in [5.41, 5.74) is 4.95. The maximum atomic E-state index is 13.8. The third-order valence-corrected chi connectivity index (χ3v) is 8.12. The lowest BCUT2D eigenvalue weighted by atomic mass is 9.73. The molecule has 1 atom stereocenters. The predicted molar refractivity (Wildman–Crippen MR) is 157 cm³/mol. The Balaban J connectivity index is 1.21. The van der Waals surface area contributed by atoms with Crippen LogP contribution in [0.25, 0.3) is 11.1 Å². The van der Waals surface area contributed by atoms with Crippen LogP contribution in [-0.2, 0) is 11.2 Å². The van der Waals surface area contributed by atoms with E-state index in [1.54, 1.807) is 29.2 Å². The van der Waals surface area contributed by atoms with Crippen LogP contribution in [-0.4, -0.2) is 30.8 Å². The molecule has 6 nitrogen and oxygen atoms in total. The van der Waals surface area contributed by atoms with Gasteiger partial charge in [0.1, 0.15) is 0 Å². The van der Waals surface area contributed by atoms with Gasteiger partial charge in [-0.3, -0.25) is 14.4 Å². The number of nitrogens with zero attached hydrogens (tertiary/aromatic N) is 1. The minimum atomic E-state index is -0.479. The third-order valence-electron chi connectivity index (χ3n) is 8.12. The Kier molecular flexibility index (Phi) is 6.91. The van der Waals surface area contributed by atoms with Crippen LogP contribution >= 0.6 is 0 Å². The van der Waals surface area contributed by atoms with Gasteiger partial charge in [-0.1, -0.05) is 66.7 Å². The highest BCUT2D eigenvalue weighted by molar-refractivity contribution is 6.10. The molecule has 200 valence electrons. The molecule has 6 rings (SSSR count). The number of piperidine rings is 1. The Hall–Kier alpha value is -4.71. The zero-order valence-corrected chi connectivity index (χ0v) is 22.2. The Bertz CT molecular complexity index is 1570. The molecule has 3 amide bonds. The third kappa shape index (κ3) is 4.89. The number of hydrogen-bond donors (Lipinski definition) is 2. The van der Waals surface area contributed by atoms with Crippen molar-refractivity contribution in [2.75, 3.05) is 23.3 Å². The first-order chi connectivity index (χ1) is 19.5. The van der Waals surface area contributed by atoms with Crippen LogP contribution in [0, 0.1) is 5.41 Å². The fraction of sp³-hybridized carbons (Fsp3) is 0.206. The van der Waals surface area contributed by atoms with Crippen LogP contribution < -0.4 is 15.5 Å². The smallest absolute Gasteiger partial charge is 0.258 e. The summed E-state index contributed by atoms with van der Waals surface area (Å²) in [6, 6.07) is 32.2. The molecule has 1 saturated heterocycles. The van der Waals surface area contributed by atoms with Crippen molar-refractivity contribution in [1.82, 2.24) is 5.32 Å². The Morgan fingerprint density at radius 2 is 1.52 bits per heavy atom. The van der Waals surface area contributed by atoms with Gasteiger partial charge in [-0.05, 0) is 78.8 Å². The molecule has 0 aliphatic carbocycles. The zero-order valence-electron chi connectivity index (χ0n) is 22.2. The molecule has 4 aromatic rings. The number of carbonyl (C=O) groups is 3. The molecule has 1 unspecified atom stereocenters. The molecule has 2 N–H and O–H groups in total. The molecular weight excluding hydrogens is 498 g/mol. The number of benzene rings is 4. The van der Waals surface area contributed by atoms with E-state index >= 15 is 0 Å². The van der Waals surface area contributed by atoms with Crippen molar-refractivity contribution in [3.63, 3.8) is 0 Å². The molecule has 0 aromatic heterocycles. The van der Waals surface area contributed by atoms with Crippen molar-refractivity contribution in [3.8, 4) is 11.1 Å². The Labute approximate surface area is 234 Å². The summed E-state index contributed by atoms with van der Waals surface area (Å²) >= 11 is 0. The summed E-state index contributed by atoms with van der Waals surface area (Å²) in [5, 5.41) is 6.02. The Morgan fingerprint density at radius 1 is 0.800 bits per heavy atom. The molecule has 2 heterocycles. The van der Waals surface area contributed by atoms with E-state index in [0.29, 0.717) is 42.7 Å². The fourth-order valence-corrected chi connectivity index (χ4v) is 5.97. The molecule has 40 heavy (non-hydrogen) atoms. The van der Waals surface area contributed by atoms with Gasteiger partial charge in [0, 0.05) is 35.6 Å². The van der Waals surface area contributed by atoms with E-state index < -0.39 is 5.41 Å². The minimum Gasteiger partial charge on any atom is -0.356 e. The molecular formula is C34H31N3O3. The molecule has 0 radical (unpaired) electrons. The molecule has 2 aliphatic rings. The van der Waals surface area contributed by atoms with E-state index in [0.717, 1.165) is 35.2 Å². The first kappa shape index (κ1) is 25.6. The molecule has 2 aliphatic heterocycles. The predicted octanol–water partition coefficient (Wildman–Crippen LogP) is 6.10. The highest BCUT2D eigenvalue weighted by Gasteiger charge is 2.43. The van der Waals surface area contributed by atoms with Gasteiger partial charge < -0.3 is 15.5 Å².